The summed E-state index contributed by atoms with van der Waals surface area (Å²) in [5.41, 5.74) is 0. The molecule has 0 aliphatic rings. The molecule has 0 amide bonds. The Labute approximate surface area is 87.3 Å². The van der Waals surface area contributed by atoms with Gasteiger partial charge in [0.15, 0.2) is 0 Å². The summed E-state index contributed by atoms with van der Waals surface area (Å²) in [4.78, 5) is 10.9. The lowest BCUT2D eigenvalue weighted by atomic mass is 10.1. The van der Waals surface area contributed by atoms with E-state index >= 15 is 0 Å². The first-order valence-electron chi connectivity index (χ1n) is 5.57. The highest BCUT2D eigenvalue weighted by Crippen LogP contribution is 2.05. The van der Waals surface area contributed by atoms with Crippen LogP contribution in [0.4, 0.5) is 0 Å². The molecule has 0 bridgehead atoms. The zero-order valence-corrected chi connectivity index (χ0v) is 9.26. The Balaban J connectivity index is 3.05. The largest absolute Gasteiger partial charge is 0.465 e. The number of carbonyl (C=O) groups is 1. The van der Waals surface area contributed by atoms with Gasteiger partial charge < -0.3 is 4.74 Å². The zero-order valence-electron chi connectivity index (χ0n) is 9.26. The lowest BCUT2D eigenvalue weighted by Gasteiger charge is -2.02. The van der Waals surface area contributed by atoms with Crippen LogP contribution in [0.2, 0.25) is 0 Å². The van der Waals surface area contributed by atoms with Crippen LogP contribution in [0.25, 0.3) is 0 Å². The van der Waals surface area contributed by atoms with Crippen LogP contribution in [0, 0.1) is 0 Å². The molecular formula is C12H22O2. The monoisotopic (exact) mass is 198 g/mol. The van der Waals surface area contributed by atoms with Gasteiger partial charge in [-0.25, -0.2) is 0 Å². The summed E-state index contributed by atoms with van der Waals surface area (Å²) in [7, 11) is 0. The standard InChI is InChI=1S/C12H22O2/c1-3-5-6-7-8-9-11-14-12(13)10-4-2/h4H,2-3,5-11H2,1H3. The minimum atomic E-state index is -0.159. The third kappa shape index (κ3) is 9.30. The molecule has 0 atom stereocenters. The third-order valence-corrected chi connectivity index (χ3v) is 2.07. The average Bonchev–Trinajstić information content (AvgIpc) is 2.17. The highest BCUT2D eigenvalue weighted by molar-refractivity contribution is 5.70. The Hall–Kier alpha value is -0.790. The van der Waals surface area contributed by atoms with E-state index in [1.807, 2.05) is 0 Å². The smallest absolute Gasteiger partial charge is 0.309 e. The molecule has 0 aromatic rings. The number of hydrogen-bond acceptors (Lipinski definition) is 2. The second-order valence-electron chi connectivity index (χ2n) is 3.48. The first kappa shape index (κ1) is 13.2. The Morgan fingerprint density at radius 3 is 2.50 bits per heavy atom. The van der Waals surface area contributed by atoms with Gasteiger partial charge in [-0.3, -0.25) is 4.79 Å². The molecule has 0 heterocycles. The van der Waals surface area contributed by atoms with Crippen LogP contribution >= 0.6 is 0 Å². The van der Waals surface area contributed by atoms with Gasteiger partial charge >= 0.3 is 5.97 Å². The molecule has 2 nitrogen and oxygen atoms in total. The van der Waals surface area contributed by atoms with E-state index < -0.39 is 0 Å². The van der Waals surface area contributed by atoms with Gasteiger partial charge in [0.05, 0.1) is 13.0 Å². The second-order valence-corrected chi connectivity index (χ2v) is 3.48. The minimum Gasteiger partial charge on any atom is -0.465 e. The summed E-state index contributed by atoms with van der Waals surface area (Å²) in [6.45, 7) is 6.25. The Morgan fingerprint density at radius 2 is 1.86 bits per heavy atom. The predicted molar refractivity (Wildman–Crippen MR) is 59.1 cm³/mol. The summed E-state index contributed by atoms with van der Waals surface area (Å²) in [5.74, 6) is -0.159. The fourth-order valence-electron chi connectivity index (χ4n) is 1.25. The molecular weight excluding hydrogens is 176 g/mol. The van der Waals surface area contributed by atoms with E-state index in [0.717, 1.165) is 6.42 Å². The molecule has 82 valence electrons. The molecule has 0 unspecified atom stereocenters. The van der Waals surface area contributed by atoms with Crippen molar-refractivity contribution in [2.75, 3.05) is 6.61 Å². The fourth-order valence-corrected chi connectivity index (χ4v) is 1.25. The number of esters is 1. The van der Waals surface area contributed by atoms with Gasteiger partial charge in [-0.2, -0.15) is 0 Å². The molecule has 2 heteroatoms. The number of rotatable bonds is 9. The minimum absolute atomic E-state index is 0.159. The van der Waals surface area contributed by atoms with Gasteiger partial charge in [0.2, 0.25) is 0 Å². The molecule has 0 saturated heterocycles. The zero-order chi connectivity index (χ0) is 10.6. The summed E-state index contributed by atoms with van der Waals surface area (Å²) >= 11 is 0. The molecule has 0 radical (unpaired) electrons. The van der Waals surface area contributed by atoms with E-state index in [0.29, 0.717) is 13.0 Å². The fraction of sp³-hybridized carbons (Fsp3) is 0.750. The topological polar surface area (TPSA) is 26.3 Å². The van der Waals surface area contributed by atoms with Crippen molar-refractivity contribution in [3.05, 3.63) is 12.7 Å². The van der Waals surface area contributed by atoms with Gasteiger partial charge in [-0.1, -0.05) is 45.1 Å². The van der Waals surface area contributed by atoms with Crippen molar-refractivity contribution in [3.8, 4) is 0 Å². The van der Waals surface area contributed by atoms with E-state index in [1.165, 1.54) is 32.1 Å². The third-order valence-electron chi connectivity index (χ3n) is 2.07. The Kier molecular flexibility index (Phi) is 9.71. The van der Waals surface area contributed by atoms with Crippen molar-refractivity contribution >= 4 is 5.97 Å². The second kappa shape index (κ2) is 10.3. The van der Waals surface area contributed by atoms with Gasteiger partial charge in [-0.05, 0) is 6.42 Å². The maximum absolute atomic E-state index is 10.9. The lowest BCUT2D eigenvalue weighted by Crippen LogP contribution is -2.04. The number of hydrogen-bond donors (Lipinski definition) is 0. The average molecular weight is 198 g/mol. The normalized spacial score (nSPS) is 9.79. The quantitative estimate of drug-likeness (QED) is 0.322. The molecule has 0 aliphatic heterocycles. The summed E-state index contributed by atoms with van der Waals surface area (Å²) < 4.78 is 4.98. The highest BCUT2D eigenvalue weighted by atomic mass is 16.5. The molecule has 0 N–H and O–H groups in total. The van der Waals surface area contributed by atoms with E-state index in [9.17, 15) is 4.79 Å². The summed E-state index contributed by atoms with van der Waals surface area (Å²) in [5, 5.41) is 0. The van der Waals surface area contributed by atoms with Crippen molar-refractivity contribution in [1.82, 2.24) is 0 Å². The predicted octanol–water partition coefficient (Wildman–Crippen LogP) is 3.47. The molecule has 0 saturated carbocycles. The van der Waals surface area contributed by atoms with E-state index in [4.69, 9.17) is 4.74 Å². The van der Waals surface area contributed by atoms with Crippen LogP contribution in [0.5, 0.6) is 0 Å². The van der Waals surface area contributed by atoms with Crippen molar-refractivity contribution < 1.29 is 9.53 Å². The van der Waals surface area contributed by atoms with E-state index in [-0.39, 0.29) is 5.97 Å². The van der Waals surface area contributed by atoms with Gasteiger partial charge in [0.25, 0.3) is 0 Å². The van der Waals surface area contributed by atoms with Crippen molar-refractivity contribution in [2.45, 2.75) is 51.9 Å². The van der Waals surface area contributed by atoms with Gasteiger partial charge in [0, 0.05) is 0 Å². The van der Waals surface area contributed by atoms with Gasteiger partial charge in [0.1, 0.15) is 0 Å². The maximum Gasteiger partial charge on any atom is 0.309 e. The van der Waals surface area contributed by atoms with E-state index in [2.05, 4.69) is 13.5 Å². The highest BCUT2D eigenvalue weighted by Gasteiger charge is 1.97. The van der Waals surface area contributed by atoms with Crippen LogP contribution in [0.1, 0.15) is 51.9 Å². The van der Waals surface area contributed by atoms with Crippen LogP contribution < -0.4 is 0 Å². The van der Waals surface area contributed by atoms with Crippen molar-refractivity contribution in [3.63, 3.8) is 0 Å². The Bertz CT molecular complexity index is 152. The molecule has 0 aliphatic carbocycles. The summed E-state index contributed by atoms with van der Waals surface area (Å²) in [6.07, 6.45) is 9.21. The molecule has 14 heavy (non-hydrogen) atoms. The maximum atomic E-state index is 10.9. The number of carbonyl (C=O) groups excluding carboxylic acids is 1. The number of unbranched alkanes of at least 4 members (excludes halogenated alkanes) is 5. The molecule has 0 aromatic carbocycles. The molecule has 0 fully saturated rings. The van der Waals surface area contributed by atoms with Crippen molar-refractivity contribution in [1.29, 1.82) is 0 Å². The molecule has 0 rings (SSSR count). The first-order chi connectivity index (χ1) is 6.81. The van der Waals surface area contributed by atoms with Crippen LogP contribution in [0.15, 0.2) is 12.7 Å². The lowest BCUT2D eigenvalue weighted by molar-refractivity contribution is -0.142. The Morgan fingerprint density at radius 1 is 1.21 bits per heavy atom. The van der Waals surface area contributed by atoms with Crippen LogP contribution in [-0.4, -0.2) is 12.6 Å². The SMILES string of the molecule is C=CCC(=O)OCCCCCCCC. The number of ether oxygens (including phenoxy) is 1. The van der Waals surface area contributed by atoms with E-state index in [1.54, 1.807) is 6.08 Å². The van der Waals surface area contributed by atoms with Crippen LogP contribution in [0.3, 0.4) is 0 Å². The summed E-state index contributed by atoms with van der Waals surface area (Å²) in [6, 6.07) is 0. The first-order valence-corrected chi connectivity index (χ1v) is 5.57. The van der Waals surface area contributed by atoms with Gasteiger partial charge in [-0.15, -0.1) is 6.58 Å². The van der Waals surface area contributed by atoms with Crippen molar-refractivity contribution in [2.24, 2.45) is 0 Å². The molecule has 0 aromatic heterocycles. The molecule has 0 spiro atoms. The van der Waals surface area contributed by atoms with Crippen LogP contribution in [-0.2, 0) is 9.53 Å².